The van der Waals surface area contributed by atoms with E-state index in [-0.39, 0.29) is 12.5 Å². The predicted octanol–water partition coefficient (Wildman–Crippen LogP) is 5.34. The third kappa shape index (κ3) is 3.85. The van der Waals surface area contributed by atoms with E-state index in [0.717, 1.165) is 33.9 Å². The molecule has 4 rings (SSSR count). The molecule has 0 bridgehead atoms. The minimum absolute atomic E-state index is 0.0929. The van der Waals surface area contributed by atoms with Crippen LogP contribution in [-0.2, 0) is 17.1 Å². The molecule has 1 aromatic carbocycles. The van der Waals surface area contributed by atoms with Gasteiger partial charge < -0.3 is 9.88 Å². The van der Waals surface area contributed by atoms with E-state index >= 15 is 0 Å². The number of thiophene rings is 1. The van der Waals surface area contributed by atoms with Crippen molar-refractivity contribution in [2.24, 2.45) is 0 Å². The van der Waals surface area contributed by atoms with Gasteiger partial charge in [-0.1, -0.05) is 12.1 Å². The Morgan fingerprint density at radius 3 is 2.82 bits per heavy atom. The molecule has 0 aliphatic rings. The van der Waals surface area contributed by atoms with Crippen LogP contribution in [0.25, 0.3) is 22.3 Å². The van der Waals surface area contributed by atoms with E-state index in [1.807, 2.05) is 40.5 Å². The lowest BCUT2D eigenvalue weighted by Gasteiger charge is -2.08. The van der Waals surface area contributed by atoms with E-state index in [2.05, 4.69) is 35.2 Å². The Labute approximate surface area is 175 Å². The Morgan fingerprint density at radius 2 is 2.07 bits per heavy atom. The highest BCUT2D eigenvalue weighted by Gasteiger charge is 2.15. The number of thioether (sulfide) groups is 1. The zero-order chi connectivity index (χ0) is 19.7. The minimum atomic E-state index is -0.0929. The maximum atomic E-state index is 12.7. The van der Waals surface area contributed by atoms with Crippen molar-refractivity contribution in [2.45, 2.75) is 26.1 Å². The van der Waals surface area contributed by atoms with Crippen LogP contribution in [0.15, 0.2) is 35.7 Å². The topological polar surface area (TPSA) is 59.8 Å². The van der Waals surface area contributed by atoms with E-state index in [1.54, 1.807) is 23.1 Å². The smallest absolute Gasteiger partial charge is 0.246 e. The average molecular weight is 429 g/mol. The molecule has 0 aliphatic heterocycles. The predicted molar refractivity (Wildman–Crippen MR) is 120 cm³/mol. The molecule has 0 saturated carbocycles. The summed E-state index contributed by atoms with van der Waals surface area (Å²) in [6.45, 7) is 4.42. The molecule has 28 heavy (non-hydrogen) atoms. The number of anilines is 1. The molecule has 0 fully saturated rings. The molecule has 1 amide bonds. The fourth-order valence-corrected chi connectivity index (χ4v) is 5.32. The van der Waals surface area contributed by atoms with Crippen LogP contribution in [0.3, 0.4) is 0 Å². The normalized spacial score (nSPS) is 11.2. The van der Waals surface area contributed by atoms with Gasteiger partial charge in [-0.25, -0.2) is 9.97 Å². The molecular formula is C20H20N4OS3. The second-order valence-electron chi connectivity index (χ2n) is 6.45. The number of hydrogen-bond donors (Lipinski definition) is 1. The monoisotopic (exact) mass is 428 g/mol. The van der Waals surface area contributed by atoms with Crippen LogP contribution in [-0.4, -0.2) is 26.7 Å². The highest BCUT2D eigenvalue weighted by atomic mass is 32.2. The molecule has 4 aromatic rings. The lowest BCUT2D eigenvalue weighted by molar-refractivity contribution is -0.116. The lowest BCUT2D eigenvalue weighted by atomic mass is 10.2. The first kappa shape index (κ1) is 19.2. The number of imidazole rings is 1. The largest absolute Gasteiger partial charge is 0.318 e. The summed E-state index contributed by atoms with van der Waals surface area (Å²) in [7, 11) is 0. The van der Waals surface area contributed by atoms with Gasteiger partial charge in [-0.2, -0.15) is 11.8 Å². The maximum absolute atomic E-state index is 12.7. The number of aryl methyl sites for hydroxylation is 2. The van der Waals surface area contributed by atoms with Gasteiger partial charge in [0.1, 0.15) is 12.4 Å². The van der Waals surface area contributed by atoms with Crippen molar-refractivity contribution in [1.29, 1.82) is 0 Å². The number of fused-ring (bicyclic) bond motifs is 1. The van der Waals surface area contributed by atoms with E-state index in [4.69, 9.17) is 0 Å². The Bertz CT molecular complexity index is 1140. The standard InChI is InChI=1S/C20H20N4OS3/c1-12-8-14(13(2)28-12)16-10-27-20(22-16)23-19(25)9-24-17-7-5-4-6-15(17)21-18(24)11-26-3/h4-8,10H,9,11H2,1-3H3,(H,22,23,25). The van der Waals surface area contributed by atoms with Gasteiger partial charge in [0.25, 0.3) is 0 Å². The van der Waals surface area contributed by atoms with Crippen LogP contribution in [0.1, 0.15) is 15.6 Å². The molecular weight excluding hydrogens is 408 g/mol. The number of benzene rings is 1. The number of carbonyl (C=O) groups excluding carboxylic acids is 1. The van der Waals surface area contributed by atoms with Crippen LogP contribution in [0.2, 0.25) is 0 Å². The fourth-order valence-electron chi connectivity index (χ4n) is 3.18. The third-order valence-corrected chi connectivity index (χ3v) is 6.65. The molecule has 0 saturated heterocycles. The first-order valence-corrected chi connectivity index (χ1v) is 11.9. The summed E-state index contributed by atoms with van der Waals surface area (Å²) in [5, 5.41) is 5.57. The molecule has 0 atom stereocenters. The van der Waals surface area contributed by atoms with Crippen LogP contribution in [0.4, 0.5) is 5.13 Å². The molecule has 8 heteroatoms. The Balaban J connectivity index is 1.53. The third-order valence-electron chi connectivity index (χ3n) is 4.38. The summed E-state index contributed by atoms with van der Waals surface area (Å²) in [5.74, 6) is 1.58. The van der Waals surface area contributed by atoms with Crippen LogP contribution < -0.4 is 5.32 Å². The number of hydrogen-bond acceptors (Lipinski definition) is 6. The molecule has 5 nitrogen and oxygen atoms in total. The van der Waals surface area contributed by atoms with Crippen molar-refractivity contribution in [3.05, 3.63) is 51.3 Å². The molecule has 144 valence electrons. The molecule has 1 N–H and O–H groups in total. The second kappa shape index (κ2) is 8.06. The van der Waals surface area contributed by atoms with Gasteiger partial charge >= 0.3 is 0 Å². The van der Waals surface area contributed by atoms with E-state index in [1.165, 1.54) is 21.1 Å². The van der Waals surface area contributed by atoms with Crippen LogP contribution in [0, 0.1) is 13.8 Å². The summed E-state index contributed by atoms with van der Waals surface area (Å²) >= 11 is 4.91. The number of nitrogens with zero attached hydrogens (tertiary/aromatic N) is 3. The summed E-state index contributed by atoms with van der Waals surface area (Å²) < 4.78 is 1.99. The van der Waals surface area contributed by atoms with E-state index in [0.29, 0.717) is 5.13 Å². The Kier molecular flexibility index (Phi) is 5.52. The second-order valence-corrected chi connectivity index (χ2v) is 9.63. The summed E-state index contributed by atoms with van der Waals surface area (Å²) in [6.07, 6.45) is 2.04. The number of aromatic nitrogens is 3. The van der Waals surface area contributed by atoms with Crippen molar-refractivity contribution in [1.82, 2.24) is 14.5 Å². The lowest BCUT2D eigenvalue weighted by Crippen LogP contribution is -2.20. The summed E-state index contributed by atoms with van der Waals surface area (Å²) in [4.78, 5) is 24.5. The highest BCUT2D eigenvalue weighted by Crippen LogP contribution is 2.32. The fraction of sp³-hybridized carbons (Fsp3) is 0.250. The van der Waals surface area contributed by atoms with Crippen molar-refractivity contribution >= 4 is 56.5 Å². The van der Waals surface area contributed by atoms with Crippen molar-refractivity contribution in [2.75, 3.05) is 11.6 Å². The number of rotatable bonds is 6. The zero-order valence-electron chi connectivity index (χ0n) is 15.9. The molecule has 0 aliphatic carbocycles. The molecule has 0 spiro atoms. The highest BCUT2D eigenvalue weighted by molar-refractivity contribution is 7.97. The SMILES string of the molecule is CSCc1nc2ccccc2n1CC(=O)Nc1nc(-c2cc(C)sc2C)cs1. The minimum Gasteiger partial charge on any atom is -0.318 e. The van der Waals surface area contributed by atoms with Crippen LogP contribution >= 0.6 is 34.4 Å². The number of thiazole rings is 1. The number of amides is 1. The summed E-state index contributed by atoms with van der Waals surface area (Å²) in [5.41, 5.74) is 3.95. The maximum Gasteiger partial charge on any atom is 0.246 e. The van der Waals surface area contributed by atoms with Gasteiger partial charge in [-0.3, -0.25) is 4.79 Å². The van der Waals surface area contributed by atoms with Gasteiger partial charge in [0, 0.05) is 20.7 Å². The Morgan fingerprint density at radius 1 is 1.25 bits per heavy atom. The van der Waals surface area contributed by atoms with E-state index in [9.17, 15) is 4.79 Å². The molecule has 0 radical (unpaired) electrons. The van der Waals surface area contributed by atoms with Crippen molar-refractivity contribution in [3.63, 3.8) is 0 Å². The van der Waals surface area contributed by atoms with Crippen LogP contribution in [0.5, 0.6) is 0 Å². The van der Waals surface area contributed by atoms with Gasteiger partial charge in [-0.15, -0.1) is 22.7 Å². The Hall–Kier alpha value is -2.16. The number of nitrogens with one attached hydrogen (secondary N) is 1. The van der Waals surface area contributed by atoms with Gasteiger partial charge in [0.2, 0.25) is 5.91 Å². The molecule has 0 unspecified atom stereocenters. The average Bonchev–Trinajstić information content (AvgIpc) is 3.34. The molecule has 3 aromatic heterocycles. The number of para-hydroxylation sites is 2. The van der Waals surface area contributed by atoms with Gasteiger partial charge in [0.05, 0.1) is 22.5 Å². The summed E-state index contributed by atoms with van der Waals surface area (Å²) in [6, 6.07) is 10.1. The number of carbonyl (C=O) groups is 1. The zero-order valence-corrected chi connectivity index (χ0v) is 18.3. The quantitative estimate of drug-likeness (QED) is 0.450. The molecule has 3 heterocycles. The van der Waals surface area contributed by atoms with E-state index < -0.39 is 0 Å². The first-order valence-electron chi connectivity index (χ1n) is 8.81. The first-order chi connectivity index (χ1) is 13.5. The van der Waals surface area contributed by atoms with Crippen molar-refractivity contribution in [3.8, 4) is 11.3 Å². The van der Waals surface area contributed by atoms with Gasteiger partial charge in [-0.05, 0) is 38.3 Å². The van der Waals surface area contributed by atoms with Gasteiger partial charge in [0.15, 0.2) is 5.13 Å². The van der Waals surface area contributed by atoms with Crippen molar-refractivity contribution < 1.29 is 4.79 Å².